The van der Waals surface area contributed by atoms with Crippen molar-refractivity contribution < 1.29 is 4.79 Å². The summed E-state index contributed by atoms with van der Waals surface area (Å²) >= 11 is 3.75. The van der Waals surface area contributed by atoms with E-state index in [4.69, 9.17) is 0 Å². The monoisotopic (exact) mass is 116 g/mol. The van der Waals surface area contributed by atoms with Crippen LogP contribution in [0.4, 0.5) is 0 Å². The van der Waals surface area contributed by atoms with Crippen molar-refractivity contribution in [3.63, 3.8) is 0 Å². The Labute approximate surface area is 48.8 Å². The van der Waals surface area contributed by atoms with Crippen molar-refractivity contribution >= 4 is 18.4 Å². The van der Waals surface area contributed by atoms with Crippen LogP contribution in [0.25, 0.3) is 0 Å². The lowest BCUT2D eigenvalue weighted by Gasteiger charge is -1.83. The highest BCUT2D eigenvalue weighted by Crippen LogP contribution is 1.84. The summed E-state index contributed by atoms with van der Waals surface area (Å²) in [5.41, 5.74) is 0. The average molecular weight is 116 g/mol. The molecule has 0 spiro atoms. The summed E-state index contributed by atoms with van der Waals surface area (Å²) in [6.45, 7) is 3.39. The van der Waals surface area contributed by atoms with Crippen molar-refractivity contribution in [1.82, 2.24) is 0 Å². The van der Waals surface area contributed by atoms with E-state index in [1.165, 1.54) is 0 Å². The van der Waals surface area contributed by atoms with Crippen LogP contribution in [0.2, 0.25) is 0 Å². The van der Waals surface area contributed by atoms with E-state index in [1.54, 1.807) is 6.08 Å². The van der Waals surface area contributed by atoms with E-state index in [2.05, 4.69) is 19.2 Å². The SMILES string of the molecule is C=CCC(=O)CS. The fourth-order valence-electron chi connectivity index (χ4n) is 0.226. The van der Waals surface area contributed by atoms with Gasteiger partial charge in [0.05, 0.1) is 0 Å². The van der Waals surface area contributed by atoms with Crippen molar-refractivity contribution in [1.29, 1.82) is 0 Å². The van der Waals surface area contributed by atoms with Gasteiger partial charge in [0, 0.05) is 12.2 Å². The number of thiol groups is 1. The molecule has 0 N–H and O–H groups in total. The number of hydrogen-bond donors (Lipinski definition) is 1. The van der Waals surface area contributed by atoms with Gasteiger partial charge in [0.1, 0.15) is 5.78 Å². The summed E-state index contributed by atoms with van der Waals surface area (Å²) in [6.07, 6.45) is 2.03. The topological polar surface area (TPSA) is 17.1 Å². The molecule has 0 fully saturated rings. The van der Waals surface area contributed by atoms with Crippen LogP contribution in [-0.2, 0) is 4.79 Å². The van der Waals surface area contributed by atoms with E-state index in [-0.39, 0.29) is 5.78 Å². The first-order chi connectivity index (χ1) is 3.31. The fourth-order valence-corrected chi connectivity index (χ4v) is 0.355. The summed E-state index contributed by atoms with van der Waals surface area (Å²) in [5, 5.41) is 0. The molecule has 0 aliphatic carbocycles. The first-order valence-corrected chi connectivity index (χ1v) is 2.68. The number of carbonyl (C=O) groups is 1. The minimum absolute atomic E-state index is 0.123. The zero-order valence-corrected chi connectivity index (χ0v) is 4.95. The first kappa shape index (κ1) is 6.76. The minimum atomic E-state index is 0.123. The molecule has 0 aromatic rings. The lowest BCUT2D eigenvalue weighted by Crippen LogP contribution is -1.94. The van der Waals surface area contributed by atoms with Gasteiger partial charge in [-0.1, -0.05) is 6.08 Å². The van der Waals surface area contributed by atoms with Crippen LogP contribution in [-0.4, -0.2) is 11.5 Å². The Kier molecular flexibility index (Phi) is 3.80. The molecule has 0 atom stereocenters. The second-order valence-corrected chi connectivity index (χ2v) is 1.51. The van der Waals surface area contributed by atoms with Gasteiger partial charge in [-0.3, -0.25) is 4.79 Å². The van der Waals surface area contributed by atoms with E-state index in [0.29, 0.717) is 12.2 Å². The largest absolute Gasteiger partial charge is 0.298 e. The van der Waals surface area contributed by atoms with E-state index >= 15 is 0 Å². The maximum Gasteiger partial charge on any atom is 0.146 e. The van der Waals surface area contributed by atoms with Gasteiger partial charge in [0.15, 0.2) is 0 Å². The van der Waals surface area contributed by atoms with Gasteiger partial charge in [-0.05, 0) is 0 Å². The van der Waals surface area contributed by atoms with Crippen LogP contribution in [0.3, 0.4) is 0 Å². The number of ketones is 1. The molecule has 1 nitrogen and oxygen atoms in total. The van der Waals surface area contributed by atoms with Crippen LogP contribution >= 0.6 is 12.6 Å². The van der Waals surface area contributed by atoms with Crippen LogP contribution in [0, 0.1) is 0 Å². The van der Waals surface area contributed by atoms with Gasteiger partial charge in [-0.15, -0.1) is 6.58 Å². The third-order valence-corrected chi connectivity index (χ3v) is 0.901. The van der Waals surface area contributed by atoms with Crippen LogP contribution in [0.1, 0.15) is 6.42 Å². The van der Waals surface area contributed by atoms with Crippen molar-refractivity contribution in [2.45, 2.75) is 6.42 Å². The Morgan fingerprint density at radius 3 is 2.57 bits per heavy atom. The molecule has 0 aromatic heterocycles. The van der Waals surface area contributed by atoms with Crippen LogP contribution in [0.15, 0.2) is 12.7 Å². The molecule has 7 heavy (non-hydrogen) atoms. The molecule has 0 aromatic carbocycles. The molecule has 0 amide bonds. The van der Waals surface area contributed by atoms with E-state index in [1.807, 2.05) is 0 Å². The molecule has 0 rings (SSSR count). The second kappa shape index (κ2) is 3.93. The van der Waals surface area contributed by atoms with Gasteiger partial charge < -0.3 is 0 Å². The summed E-state index contributed by atoms with van der Waals surface area (Å²) in [6, 6.07) is 0. The molecule has 0 heterocycles. The smallest absolute Gasteiger partial charge is 0.146 e. The highest BCUT2D eigenvalue weighted by molar-refractivity contribution is 7.81. The van der Waals surface area contributed by atoms with Crippen LogP contribution < -0.4 is 0 Å². The molecule has 0 bridgehead atoms. The third kappa shape index (κ3) is 3.59. The number of Topliss-reactive ketones (excluding diaryl/α,β-unsaturated/α-hetero) is 1. The summed E-state index contributed by atoms with van der Waals surface area (Å²) in [5.74, 6) is 0.449. The number of carbonyl (C=O) groups excluding carboxylic acids is 1. The maximum atomic E-state index is 10.3. The zero-order valence-electron chi connectivity index (χ0n) is 4.05. The Balaban J connectivity index is 3.17. The Morgan fingerprint density at radius 2 is 2.43 bits per heavy atom. The van der Waals surface area contributed by atoms with Crippen molar-refractivity contribution in [2.75, 3.05) is 5.75 Å². The Hall–Kier alpha value is -0.240. The van der Waals surface area contributed by atoms with Gasteiger partial charge >= 0.3 is 0 Å². The molecule has 0 saturated heterocycles. The van der Waals surface area contributed by atoms with Crippen molar-refractivity contribution in [2.24, 2.45) is 0 Å². The minimum Gasteiger partial charge on any atom is -0.298 e. The zero-order chi connectivity index (χ0) is 5.70. The van der Waals surface area contributed by atoms with Gasteiger partial charge in [0.25, 0.3) is 0 Å². The molecule has 40 valence electrons. The maximum absolute atomic E-state index is 10.3. The van der Waals surface area contributed by atoms with Crippen LogP contribution in [0.5, 0.6) is 0 Å². The van der Waals surface area contributed by atoms with Gasteiger partial charge in [-0.25, -0.2) is 0 Å². The molecular formula is C5H8OS. The standard InChI is InChI=1S/C5H8OS/c1-2-3-5(6)4-7/h2,7H,1,3-4H2. The van der Waals surface area contributed by atoms with Gasteiger partial charge in [0.2, 0.25) is 0 Å². The third-order valence-electron chi connectivity index (χ3n) is 0.548. The summed E-state index contributed by atoms with van der Waals surface area (Å²) in [7, 11) is 0. The molecular weight excluding hydrogens is 108 g/mol. The molecule has 0 radical (unpaired) electrons. The fraction of sp³-hybridized carbons (Fsp3) is 0.400. The van der Waals surface area contributed by atoms with E-state index < -0.39 is 0 Å². The van der Waals surface area contributed by atoms with E-state index in [9.17, 15) is 4.79 Å². The summed E-state index contributed by atoms with van der Waals surface area (Å²) in [4.78, 5) is 10.3. The predicted molar refractivity (Wildman–Crippen MR) is 33.7 cm³/mol. The molecule has 0 unspecified atom stereocenters. The van der Waals surface area contributed by atoms with Crippen molar-refractivity contribution in [3.05, 3.63) is 12.7 Å². The number of hydrogen-bond acceptors (Lipinski definition) is 2. The molecule has 0 aliphatic rings. The predicted octanol–water partition coefficient (Wildman–Crippen LogP) is 1.06. The van der Waals surface area contributed by atoms with Crippen molar-refractivity contribution in [3.8, 4) is 0 Å². The number of rotatable bonds is 3. The quantitative estimate of drug-likeness (QED) is 0.431. The molecule has 0 aliphatic heterocycles. The Bertz CT molecular complexity index is 78.1. The lowest BCUT2D eigenvalue weighted by atomic mass is 10.3. The van der Waals surface area contributed by atoms with Gasteiger partial charge in [-0.2, -0.15) is 12.6 Å². The molecule has 2 heteroatoms. The highest BCUT2D eigenvalue weighted by Gasteiger charge is 1.89. The summed E-state index contributed by atoms with van der Waals surface area (Å²) < 4.78 is 0. The molecule has 0 saturated carbocycles. The van der Waals surface area contributed by atoms with E-state index in [0.717, 1.165) is 0 Å². The first-order valence-electron chi connectivity index (χ1n) is 2.04. The number of allylic oxidation sites excluding steroid dienone is 1. The second-order valence-electron chi connectivity index (χ2n) is 1.19. The normalized spacial score (nSPS) is 8.14. The lowest BCUT2D eigenvalue weighted by molar-refractivity contribution is -0.115. The highest BCUT2D eigenvalue weighted by atomic mass is 32.1. The Morgan fingerprint density at radius 1 is 1.86 bits per heavy atom. The average Bonchev–Trinajstić information content (AvgIpc) is 1.68.